The van der Waals surface area contributed by atoms with Crippen molar-refractivity contribution in [3.63, 3.8) is 0 Å². The van der Waals surface area contributed by atoms with E-state index in [-0.39, 0.29) is 0 Å². The molecule has 0 saturated carbocycles. The molecule has 12 heavy (non-hydrogen) atoms. The summed E-state index contributed by atoms with van der Waals surface area (Å²) in [6.45, 7) is 4.69. The van der Waals surface area contributed by atoms with Crippen molar-refractivity contribution in [2.45, 2.75) is 20.0 Å². The third-order valence-electron chi connectivity index (χ3n) is 1.78. The standard InChI is InChI=1S/C10H15NO/c1-3-11-10-7-5-4-6-9(10)8(2)12/h4-8,11-12H,3H2,1-2H3. The van der Waals surface area contributed by atoms with Gasteiger partial charge >= 0.3 is 0 Å². The van der Waals surface area contributed by atoms with Crippen molar-refractivity contribution in [3.05, 3.63) is 29.8 Å². The Morgan fingerprint density at radius 3 is 2.67 bits per heavy atom. The van der Waals surface area contributed by atoms with E-state index in [9.17, 15) is 5.11 Å². The van der Waals surface area contributed by atoms with E-state index in [1.807, 2.05) is 31.2 Å². The van der Waals surface area contributed by atoms with E-state index in [4.69, 9.17) is 0 Å². The average molecular weight is 165 g/mol. The Kier molecular flexibility index (Phi) is 3.11. The molecule has 0 radical (unpaired) electrons. The Bertz CT molecular complexity index is 245. The van der Waals surface area contributed by atoms with E-state index in [2.05, 4.69) is 5.32 Å². The molecule has 0 fully saturated rings. The van der Waals surface area contributed by atoms with Crippen LogP contribution in [-0.4, -0.2) is 11.7 Å². The molecule has 66 valence electrons. The fourth-order valence-electron chi connectivity index (χ4n) is 1.21. The molecule has 0 saturated heterocycles. The quantitative estimate of drug-likeness (QED) is 0.719. The molecule has 0 spiro atoms. The number of rotatable bonds is 3. The van der Waals surface area contributed by atoms with E-state index in [1.54, 1.807) is 6.92 Å². The summed E-state index contributed by atoms with van der Waals surface area (Å²) in [5, 5.41) is 12.6. The molecular formula is C10H15NO. The molecule has 0 heterocycles. The first-order valence-corrected chi connectivity index (χ1v) is 4.26. The third-order valence-corrected chi connectivity index (χ3v) is 1.78. The summed E-state index contributed by atoms with van der Waals surface area (Å²) in [5.74, 6) is 0. The fraction of sp³-hybridized carbons (Fsp3) is 0.400. The number of para-hydroxylation sites is 1. The normalized spacial score (nSPS) is 12.6. The molecule has 0 aliphatic carbocycles. The minimum atomic E-state index is -0.403. The van der Waals surface area contributed by atoms with Crippen LogP contribution in [0.4, 0.5) is 5.69 Å². The molecular weight excluding hydrogens is 150 g/mol. The fourth-order valence-corrected chi connectivity index (χ4v) is 1.21. The van der Waals surface area contributed by atoms with Crippen LogP contribution in [0.25, 0.3) is 0 Å². The Morgan fingerprint density at radius 2 is 2.08 bits per heavy atom. The maximum atomic E-state index is 9.39. The van der Waals surface area contributed by atoms with E-state index >= 15 is 0 Å². The molecule has 2 heteroatoms. The smallest absolute Gasteiger partial charge is 0.0781 e. The van der Waals surface area contributed by atoms with Gasteiger partial charge in [0.2, 0.25) is 0 Å². The van der Waals surface area contributed by atoms with Gasteiger partial charge in [-0.15, -0.1) is 0 Å². The zero-order valence-electron chi connectivity index (χ0n) is 7.54. The molecule has 1 aromatic carbocycles. The van der Waals surface area contributed by atoms with Crippen molar-refractivity contribution >= 4 is 5.69 Å². The van der Waals surface area contributed by atoms with Crippen LogP contribution in [0.5, 0.6) is 0 Å². The minimum Gasteiger partial charge on any atom is -0.389 e. The second-order valence-corrected chi connectivity index (χ2v) is 2.79. The molecule has 1 aromatic rings. The van der Waals surface area contributed by atoms with Crippen LogP contribution >= 0.6 is 0 Å². The summed E-state index contributed by atoms with van der Waals surface area (Å²) in [7, 11) is 0. The van der Waals surface area contributed by atoms with Crippen molar-refractivity contribution in [3.8, 4) is 0 Å². The molecule has 0 bridgehead atoms. The molecule has 1 unspecified atom stereocenters. The topological polar surface area (TPSA) is 32.3 Å². The number of nitrogens with one attached hydrogen (secondary N) is 1. The van der Waals surface area contributed by atoms with E-state index < -0.39 is 6.10 Å². The lowest BCUT2D eigenvalue weighted by Gasteiger charge is -2.11. The SMILES string of the molecule is CCNc1ccccc1C(C)O. The maximum absolute atomic E-state index is 9.39. The number of benzene rings is 1. The molecule has 0 aliphatic rings. The molecule has 1 atom stereocenters. The molecule has 0 amide bonds. The van der Waals surface area contributed by atoms with Crippen LogP contribution in [0, 0.1) is 0 Å². The largest absolute Gasteiger partial charge is 0.389 e. The van der Waals surface area contributed by atoms with Crippen molar-refractivity contribution < 1.29 is 5.11 Å². The number of anilines is 1. The summed E-state index contributed by atoms with van der Waals surface area (Å²) >= 11 is 0. The van der Waals surface area contributed by atoms with Gasteiger partial charge in [0.15, 0.2) is 0 Å². The lowest BCUT2D eigenvalue weighted by atomic mass is 10.1. The van der Waals surface area contributed by atoms with Gasteiger partial charge < -0.3 is 10.4 Å². The Hall–Kier alpha value is -1.02. The minimum absolute atomic E-state index is 0.403. The van der Waals surface area contributed by atoms with Crippen molar-refractivity contribution in [2.24, 2.45) is 0 Å². The van der Waals surface area contributed by atoms with Crippen LogP contribution in [0.1, 0.15) is 25.5 Å². The van der Waals surface area contributed by atoms with Crippen LogP contribution in [0.2, 0.25) is 0 Å². The van der Waals surface area contributed by atoms with Crippen molar-refractivity contribution in [2.75, 3.05) is 11.9 Å². The predicted octanol–water partition coefficient (Wildman–Crippen LogP) is 2.17. The van der Waals surface area contributed by atoms with Gasteiger partial charge in [-0.3, -0.25) is 0 Å². The second-order valence-electron chi connectivity index (χ2n) is 2.79. The van der Waals surface area contributed by atoms with Crippen molar-refractivity contribution in [1.82, 2.24) is 0 Å². The summed E-state index contributed by atoms with van der Waals surface area (Å²) in [6, 6.07) is 7.81. The van der Waals surface area contributed by atoms with Gasteiger partial charge in [-0.05, 0) is 19.9 Å². The summed E-state index contributed by atoms with van der Waals surface area (Å²) < 4.78 is 0. The number of hydrogen-bond donors (Lipinski definition) is 2. The van der Waals surface area contributed by atoms with Gasteiger partial charge in [0.05, 0.1) is 6.10 Å². The third kappa shape index (κ3) is 1.98. The van der Waals surface area contributed by atoms with Crippen LogP contribution in [0.15, 0.2) is 24.3 Å². The van der Waals surface area contributed by atoms with E-state index in [0.29, 0.717) is 0 Å². The lowest BCUT2D eigenvalue weighted by Crippen LogP contribution is -2.02. The number of hydrogen-bond acceptors (Lipinski definition) is 2. The highest BCUT2D eigenvalue weighted by Gasteiger charge is 2.04. The zero-order valence-corrected chi connectivity index (χ0v) is 7.54. The zero-order chi connectivity index (χ0) is 8.97. The highest BCUT2D eigenvalue weighted by Crippen LogP contribution is 2.21. The van der Waals surface area contributed by atoms with Gasteiger partial charge in [-0.25, -0.2) is 0 Å². The summed E-state index contributed by atoms with van der Waals surface area (Å²) in [6.07, 6.45) is -0.403. The monoisotopic (exact) mass is 165 g/mol. The summed E-state index contributed by atoms with van der Waals surface area (Å²) in [5.41, 5.74) is 1.98. The first-order chi connectivity index (χ1) is 5.75. The molecule has 1 rings (SSSR count). The van der Waals surface area contributed by atoms with Gasteiger partial charge in [-0.2, -0.15) is 0 Å². The lowest BCUT2D eigenvalue weighted by molar-refractivity contribution is 0.200. The van der Waals surface area contributed by atoms with Gasteiger partial charge in [0, 0.05) is 17.8 Å². The molecule has 2 N–H and O–H groups in total. The van der Waals surface area contributed by atoms with Gasteiger partial charge in [-0.1, -0.05) is 18.2 Å². The van der Waals surface area contributed by atoms with Crippen LogP contribution in [-0.2, 0) is 0 Å². The average Bonchev–Trinajstić information content (AvgIpc) is 2.05. The number of aliphatic hydroxyl groups is 1. The van der Waals surface area contributed by atoms with Crippen LogP contribution < -0.4 is 5.32 Å². The molecule has 2 nitrogen and oxygen atoms in total. The Morgan fingerprint density at radius 1 is 1.42 bits per heavy atom. The second kappa shape index (κ2) is 4.12. The highest BCUT2D eigenvalue weighted by atomic mass is 16.3. The van der Waals surface area contributed by atoms with E-state index in [1.165, 1.54) is 0 Å². The molecule has 0 aliphatic heterocycles. The van der Waals surface area contributed by atoms with Gasteiger partial charge in [0.1, 0.15) is 0 Å². The van der Waals surface area contributed by atoms with Gasteiger partial charge in [0.25, 0.3) is 0 Å². The first-order valence-electron chi connectivity index (χ1n) is 4.26. The summed E-state index contributed by atoms with van der Waals surface area (Å²) in [4.78, 5) is 0. The highest BCUT2D eigenvalue weighted by molar-refractivity contribution is 5.51. The predicted molar refractivity (Wildman–Crippen MR) is 51.2 cm³/mol. The maximum Gasteiger partial charge on any atom is 0.0781 e. The van der Waals surface area contributed by atoms with Crippen LogP contribution in [0.3, 0.4) is 0 Å². The number of aliphatic hydroxyl groups excluding tert-OH is 1. The molecule has 0 aromatic heterocycles. The first kappa shape index (κ1) is 9.07. The van der Waals surface area contributed by atoms with Crippen molar-refractivity contribution in [1.29, 1.82) is 0 Å². The Balaban J connectivity index is 2.92. The Labute approximate surface area is 73.2 Å². The van der Waals surface area contributed by atoms with E-state index in [0.717, 1.165) is 17.8 Å².